The molecule has 54 valence electrons. The summed E-state index contributed by atoms with van der Waals surface area (Å²) in [4.78, 5) is 11.1. The second-order valence-electron chi connectivity index (χ2n) is 3.81. The van der Waals surface area contributed by atoms with Crippen molar-refractivity contribution in [2.75, 3.05) is 0 Å². The topological polar surface area (TPSA) is 26.3 Å². The van der Waals surface area contributed by atoms with Crippen molar-refractivity contribution in [1.82, 2.24) is 0 Å². The molecule has 4 fully saturated rings. The number of esters is 1. The summed E-state index contributed by atoms with van der Waals surface area (Å²) in [6.45, 7) is 0. The Balaban J connectivity index is 2.05. The molecule has 2 aliphatic carbocycles. The van der Waals surface area contributed by atoms with E-state index in [1.807, 2.05) is 0 Å². The Morgan fingerprint density at radius 1 is 1.20 bits per heavy atom. The zero-order valence-corrected chi connectivity index (χ0v) is 5.75. The molecule has 4 bridgehead atoms. The zero-order chi connectivity index (χ0) is 6.72. The number of carbonyl (C=O) groups is 1. The quantitative estimate of drug-likeness (QED) is 0.466. The van der Waals surface area contributed by atoms with Crippen molar-refractivity contribution in [2.45, 2.75) is 25.4 Å². The minimum atomic E-state index is 0.0926. The van der Waals surface area contributed by atoms with Crippen molar-refractivity contribution in [1.29, 1.82) is 0 Å². The van der Waals surface area contributed by atoms with E-state index in [0.29, 0.717) is 17.9 Å². The number of ether oxygens (including phenoxy) is 1. The summed E-state index contributed by atoms with van der Waals surface area (Å²) in [6.07, 6.45) is 3.89. The van der Waals surface area contributed by atoms with Crippen molar-refractivity contribution in [2.24, 2.45) is 17.8 Å². The highest BCUT2D eigenvalue weighted by molar-refractivity contribution is 5.75. The lowest BCUT2D eigenvalue weighted by molar-refractivity contribution is -0.169. The third kappa shape index (κ3) is 0.414. The Hall–Kier alpha value is -0.530. The highest BCUT2D eigenvalue weighted by Crippen LogP contribution is 2.53. The van der Waals surface area contributed by atoms with Crippen LogP contribution in [0.1, 0.15) is 19.3 Å². The molecule has 2 heterocycles. The number of rotatable bonds is 0. The molecule has 2 saturated heterocycles. The Morgan fingerprint density at radius 3 is 2.60 bits per heavy atom. The molecule has 4 unspecified atom stereocenters. The van der Waals surface area contributed by atoms with E-state index in [9.17, 15) is 4.79 Å². The molecule has 2 saturated carbocycles. The molecule has 0 aromatic carbocycles. The first-order chi connectivity index (χ1) is 4.84. The van der Waals surface area contributed by atoms with Crippen molar-refractivity contribution < 1.29 is 9.53 Å². The van der Waals surface area contributed by atoms with Crippen LogP contribution in [0.4, 0.5) is 0 Å². The molecule has 0 aromatic rings. The van der Waals surface area contributed by atoms with Gasteiger partial charge in [-0.3, -0.25) is 4.79 Å². The molecule has 0 aromatic heterocycles. The molecule has 2 heteroatoms. The summed E-state index contributed by atoms with van der Waals surface area (Å²) in [5, 5.41) is 0. The van der Waals surface area contributed by atoms with Crippen LogP contribution in [-0.2, 0) is 9.53 Å². The summed E-state index contributed by atoms with van der Waals surface area (Å²) in [6, 6.07) is 0. The minimum absolute atomic E-state index is 0.0926. The maximum atomic E-state index is 11.1. The normalized spacial score (nSPS) is 55.8. The first-order valence-electron chi connectivity index (χ1n) is 4.05. The Bertz CT molecular complexity index is 197. The monoisotopic (exact) mass is 138 g/mol. The molecular weight excluding hydrogens is 128 g/mol. The maximum Gasteiger partial charge on any atom is 0.309 e. The van der Waals surface area contributed by atoms with Crippen LogP contribution in [0.5, 0.6) is 0 Å². The average Bonchev–Trinajstić information content (AvgIpc) is 2.41. The molecule has 10 heavy (non-hydrogen) atoms. The number of carbonyl (C=O) groups excluding carboxylic acids is 1. The van der Waals surface area contributed by atoms with Crippen LogP contribution in [-0.4, -0.2) is 12.1 Å². The lowest BCUT2D eigenvalue weighted by Gasteiger charge is -2.33. The van der Waals surface area contributed by atoms with Gasteiger partial charge in [0.05, 0.1) is 5.92 Å². The van der Waals surface area contributed by atoms with Crippen LogP contribution in [0.15, 0.2) is 0 Å². The molecule has 0 radical (unpaired) electrons. The van der Waals surface area contributed by atoms with Crippen molar-refractivity contribution >= 4 is 5.97 Å². The average molecular weight is 138 g/mol. The van der Waals surface area contributed by atoms with Crippen LogP contribution >= 0.6 is 0 Å². The fourth-order valence-corrected chi connectivity index (χ4v) is 2.89. The van der Waals surface area contributed by atoms with Gasteiger partial charge in [-0.2, -0.15) is 0 Å². The van der Waals surface area contributed by atoms with Gasteiger partial charge < -0.3 is 4.74 Å². The Labute approximate surface area is 59.6 Å². The lowest BCUT2D eigenvalue weighted by Crippen LogP contribution is -2.39. The standard InChI is InChI=1S/C8H10O2/c9-8-6-2-5-1-4(6)3-7(5)10-8/h4-7H,1-3H2. The van der Waals surface area contributed by atoms with Gasteiger partial charge in [0, 0.05) is 0 Å². The predicted octanol–water partition coefficient (Wildman–Crippen LogP) is 0.958. The van der Waals surface area contributed by atoms with Gasteiger partial charge in [-0.05, 0) is 31.1 Å². The summed E-state index contributed by atoms with van der Waals surface area (Å²) in [5.74, 6) is 1.84. The minimum Gasteiger partial charge on any atom is -0.462 e. The lowest BCUT2D eigenvalue weighted by atomic mass is 9.84. The van der Waals surface area contributed by atoms with Crippen LogP contribution in [0, 0.1) is 17.8 Å². The third-order valence-electron chi connectivity index (χ3n) is 3.36. The van der Waals surface area contributed by atoms with E-state index < -0.39 is 0 Å². The van der Waals surface area contributed by atoms with E-state index in [1.54, 1.807) is 0 Å². The first kappa shape index (κ1) is 5.16. The molecule has 0 amide bonds. The van der Waals surface area contributed by atoms with E-state index in [1.165, 1.54) is 12.8 Å². The van der Waals surface area contributed by atoms with Gasteiger partial charge in [0.25, 0.3) is 0 Å². The molecule has 0 N–H and O–H groups in total. The van der Waals surface area contributed by atoms with Gasteiger partial charge >= 0.3 is 5.97 Å². The third-order valence-corrected chi connectivity index (χ3v) is 3.36. The fourth-order valence-electron chi connectivity index (χ4n) is 2.89. The zero-order valence-electron chi connectivity index (χ0n) is 5.75. The highest BCUT2D eigenvalue weighted by atomic mass is 16.5. The summed E-state index contributed by atoms with van der Waals surface area (Å²) >= 11 is 0. The van der Waals surface area contributed by atoms with E-state index in [4.69, 9.17) is 4.74 Å². The molecule has 2 aliphatic heterocycles. The van der Waals surface area contributed by atoms with E-state index >= 15 is 0 Å². The van der Waals surface area contributed by atoms with Crippen molar-refractivity contribution in [3.63, 3.8) is 0 Å². The van der Waals surface area contributed by atoms with Crippen LogP contribution < -0.4 is 0 Å². The van der Waals surface area contributed by atoms with Crippen molar-refractivity contribution in [3.05, 3.63) is 0 Å². The van der Waals surface area contributed by atoms with Gasteiger partial charge in [-0.1, -0.05) is 0 Å². The Kier molecular flexibility index (Phi) is 0.715. The molecule has 2 nitrogen and oxygen atoms in total. The van der Waals surface area contributed by atoms with Gasteiger partial charge in [0.2, 0.25) is 0 Å². The number of hydrogen-bond acceptors (Lipinski definition) is 2. The van der Waals surface area contributed by atoms with Gasteiger partial charge in [0.15, 0.2) is 0 Å². The smallest absolute Gasteiger partial charge is 0.309 e. The van der Waals surface area contributed by atoms with Gasteiger partial charge in [-0.25, -0.2) is 0 Å². The van der Waals surface area contributed by atoms with Crippen LogP contribution in [0.2, 0.25) is 0 Å². The second kappa shape index (κ2) is 1.39. The molecule has 4 rings (SSSR count). The molecule has 4 atom stereocenters. The molecule has 4 aliphatic rings. The summed E-state index contributed by atoms with van der Waals surface area (Å²) in [7, 11) is 0. The van der Waals surface area contributed by atoms with E-state index in [2.05, 4.69) is 0 Å². The number of hydrogen-bond donors (Lipinski definition) is 0. The maximum absolute atomic E-state index is 11.1. The van der Waals surface area contributed by atoms with E-state index in [0.717, 1.165) is 12.3 Å². The first-order valence-corrected chi connectivity index (χ1v) is 4.05. The molecular formula is C8H10O2. The summed E-state index contributed by atoms with van der Waals surface area (Å²) in [5.41, 5.74) is 0. The van der Waals surface area contributed by atoms with Gasteiger partial charge in [0.1, 0.15) is 6.10 Å². The van der Waals surface area contributed by atoms with Crippen molar-refractivity contribution in [3.8, 4) is 0 Å². The number of fused-ring (bicyclic) bond motifs is 1. The highest BCUT2D eigenvalue weighted by Gasteiger charge is 2.55. The fraction of sp³-hybridized carbons (Fsp3) is 0.875. The Morgan fingerprint density at radius 2 is 2.10 bits per heavy atom. The summed E-state index contributed by atoms with van der Waals surface area (Å²) < 4.78 is 5.20. The van der Waals surface area contributed by atoms with Crippen LogP contribution in [0.3, 0.4) is 0 Å². The molecule has 0 spiro atoms. The van der Waals surface area contributed by atoms with Crippen LogP contribution in [0.25, 0.3) is 0 Å². The van der Waals surface area contributed by atoms with E-state index in [-0.39, 0.29) is 5.97 Å². The largest absolute Gasteiger partial charge is 0.462 e. The SMILES string of the molecule is O=C1OC2CC3CC2CC13. The van der Waals surface area contributed by atoms with Gasteiger partial charge in [-0.15, -0.1) is 0 Å². The predicted molar refractivity (Wildman–Crippen MR) is 34.2 cm³/mol. The second-order valence-corrected chi connectivity index (χ2v) is 3.81.